The summed E-state index contributed by atoms with van der Waals surface area (Å²) in [6.45, 7) is 11.9. The number of anilines is 1. The smallest absolute Gasteiger partial charge is 0.0342 e. The predicted molar refractivity (Wildman–Crippen MR) is 119 cm³/mol. The fourth-order valence-corrected chi connectivity index (χ4v) is 3.79. The van der Waals surface area contributed by atoms with Crippen molar-refractivity contribution < 1.29 is 0 Å². The maximum atomic E-state index is 3.61. The molecule has 0 saturated heterocycles. The fourth-order valence-electron chi connectivity index (χ4n) is 3.79. The zero-order valence-corrected chi connectivity index (χ0v) is 18.3. The summed E-state index contributed by atoms with van der Waals surface area (Å²) >= 11 is 0. The van der Waals surface area contributed by atoms with Crippen LogP contribution in [0.25, 0.3) is 0 Å². The summed E-state index contributed by atoms with van der Waals surface area (Å²) in [5, 5.41) is 3.61. The van der Waals surface area contributed by atoms with Crippen molar-refractivity contribution in [1.29, 1.82) is 0 Å². The molecular formula is C25H45N. The molecule has 0 fully saturated rings. The minimum absolute atomic E-state index is 0.565. The third kappa shape index (κ3) is 11.6. The number of benzene rings is 1. The second-order valence-electron chi connectivity index (χ2n) is 8.93. The minimum Gasteiger partial charge on any atom is -0.383 e. The van der Waals surface area contributed by atoms with Crippen molar-refractivity contribution in [3.05, 3.63) is 30.3 Å². The van der Waals surface area contributed by atoms with Crippen LogP contribution in [0.15, 0.2) is 30.3 Å². The van der Waals surface area contributed by atoms with Gasteiger partial charge in [-0.05, 0) is 43.2 Å². The SMILES string of the molecule is CCC(C)CCCC(C)CCCC(C)CCCC(C)Nc1ccccc1. The third-order valence-electron chi connectivity index (χ3n) is 6.01. The number of hydrogen-bond donors (Lipinski definition) is 1. The van der Waals surface area contributed by atoms with Gasteiger partial charge < -0.3 is 5.32 Å². The van der Waals surface area contributed by atoms with Gasteiger partial charge in [-0.2, -0.15) is 0 Å². The molecule has 1 N–H and O–H groups in total. The van der Waals surface area contributed by atoms with E-state index in [0.717, 1.165) is 17.8 Å². The van der Waals surface area contributed by atoms with Gasteiger partial charge in [-0.15, -0.1) is 0 Å². The molecule has 0 aliphatic heterocycles. The van der Waals surface area contributed by atoms with E-state index in [0.29, 0.717) is 6.04 Å². The summed E-state index contributed by atoms with van der Waals surface area (Å²) in [6, 6.07) is 11.1. The largest absolute Gasteiger partial charge is 0.383 e. The average Bonchev–Trinajstić information content (AvgIpc) is 2.62. The molecule has 1 rings (SSSR count). The summed E-state index contributed by atoms with van der Waals surface area (Å²) in [7, 11) is 0. The van der Waals surface area contributed by atoms with E-state index in [4.69, 9.17) is 0 Å². The fraction of sp³-hybridized carbons (Fsp3) is 0.760. The molecule has 0 amide bonds. The van der Waals surface area contributed by atoms with Crippen LogP contribution in [0, 0.1) is 17.8 Å². The molecule has 0 heterocycles. The highest BCUT2D eigenvalue weighted by molar-refractivity contribution is 5.43. The first-order chi connectivity index (χ1) is 12.5. The first-order valence-electron chi connectivity index (χ1n) is 11.3. The Balaban J connectivity index is 2.01. The van der Waals surface area contributed by atoms with Crippen molar-refractivity contribution in [1.82, 2.24) is 0 Å². The van der Waals surface area contributed by atoms with Crippen LogP contribution in [0.3, 0.4) is 0 Å². The average molecular weight is 360 g/mol. The van der Waals surface area contributed by atoms with Crippen LogP contribution < -0.4 is 5.32 Å². The normalized spacial score (nSPS) is 16.0. The number of rotatable bonds is 15. The molecule has 0 aliphatic carbocycles. The Kier molecular flexibility index (Phi) is 12.5. The van der Waals surface area contributed by atoms with E-state index in [1.807, 2.05) is 0 Å². The van der Waals surface area contributed by atoms with Crippen LogP contribution in [0.5, 0.6) is 0 Å². The Morgan fingerprint density at radius 1 is 0.654 bits per heavy atom. The van der Waals surface area contributed by atoms with Gasteiger partial charge in [0.1, 0.15) is 0 Å². The van der Waals surface area contributed by atoms with Crippen LogP contribution in [0.1, 0.15) is 98.8 Å². The highest BCUT2D eigenvalue weighted by Gasteiger charge is 2.08. The Morgan fingerprint density at radius 2 is 1.12 bits per heavy atom. The number of hydrogen-bond acceptors (Lipinski definition) is 1. The van der Waals surface area contributed by atoms with E-state index in [1.54, 1.807) is 0 Å². The summed E-state index contributed by atoms with van der Waals surface area (Å²) in [4.78, 5) is 0. The molecule has 0 saturated carbocycles. The van der Waals surface area contributed by atoms with Gasteiger partial charge in [0, 0.05) is 11.7 Å². The van der Waals surface area contributed by atoms with Crippen LogP contribution in [0.4, 0.5) is 5.69 Å². The lowest BCUT2D eigenvalue weighted by molar-refractivity contribution is 0.380. The van der Waals surface area contributed by atoms with Crippen LogP contribution in [0.2, 0.25) is 0 Å². The molecule has 0 radical (unpaired) electrons. The van der Waals surface area contributed by atoms with E-state index >= 15 is 0 Å². The molecule has 4 unspecified atom stereocenters. The summed E-state index contributed by atoms with van der Waals surface area (Å²) in [5.74, 6) is 2.72. The lowest BCUT2D eigenvalue weighted by Crippen LogP contribution is -2.15. The van der Waals surface area contributed by atoms with Gasteiger partial charge in [-0.25, -0.2) is 0 Å². The second kappa shape index (κ2) is 14.1. The Hall–Kier alpha value is -0.980. The molecule has 1 nitrogen and oxygen atoms in total. The maximum Gasteiger partial charge on any atom is 0.0342 e. The lowest BCUT2D eigenvalue weighted by Gasteiger charge is -2.18. The first kappa shape index (κ1) is 23.1. The molecule has 1 aromatic rings. The molecule has 1 heteroatoms. The lowest BCUT2D eigenvalue weighted by atomic mass is 9.91. The summed E-state index contributed by atoms with van der Waals surface area (Å²) in [6.07, 6.45) is 13.9. The van der Waals surface area contributed by atoms with Crippen molar-refractivity contribution in [2.75, 3.05) is 5.32 Å². The maximum absolute atomic E-state index is 3.61. The molecule has 0 spiro atoms. The van der Waals surface area contributed by atoms with E-state index in [1.165, 1.54) is 69.9 Å². The summed E-state index contributed by atoms with van der Waals surface area (Å²) < 4.78 is 0. The number of para-hydroxylation sites is 1. The van der Waals surface area contributed by atoms with Crippen LogP contribution in [-0.2, 0) is 0 Å². The van der Waals surface area contributed by atoms with Crippen molar-refractivity contribution in [3.63, 3.8) is 0 Å². The van der Waals surface area contributed by atoms with Gasteiger partial charge in [0.2, 0.25) is 0 Å². The second-order valence-corrected chi connectivity index (χ2v) is 8.93. The molecular weight excluding hydrogens is 314 g/mol. The molecule has 0 aromatic heterocycles. The van der Waals surface area contributed by atoms with Gasteiger partial charge in [0.25, 0.3) is 0 Å². The molecule has 150 valence electrons. The van der Waals surface area contributed by atoms with Gasteiger partial charge in [0.15, 0.2) is 0 Å². The highest BCUT2D eigenvalue weighted by atomic mass is 14.9. The quantitative estimate of drug-likeness (QED) is 0.332. The van der Waals surface area contributed by atoms with Gasteiger partial charge in [-0.3, -0.25) is 0 Å². The van der Waals surface area contributed by atoms with Gasteiger partial charge in [0.05, 0.1) is 0 Å². The summed E-state index contributed by atoms with van der Waals surface area (Å²) in [5.41, 5.74) is 1.25. The molecule has 1 aromatic carbocycles. The number of nitrogens with one attached hydrogen (secondary N) is 1. The highest BCUT2D eigenvalue weighted by Crippen LogP contribution is 2.22. The molecule has 0 bridgehead atoms. The van der Waals surface area contributed by atoms with Gasteiger partial charge in [-0.1, -0.05) is 104 Å². The van der Waals surface area contributed by atoms with Crippen LogP contribution >= 0.6 is 0 Å². The van der Waals surface area contributed by atoms with Crippen molar-refractivity contribution in [3.8, 4) is 0 Å². The Bertz CT molecular complexity index is 427. The van der Waals surface area contributed by atoms with Crippen molar-refractivity contribution in [2.24, 2.45) is 17.8 Å². The van der Waals surface area contributed by atoms with E-state index in [-0.39, 0.29) is 0 Å². The van der Waals surface area contributed by atoms with E-state index in [2.05, 4.69) is 70.3 Å². The minimum atomic E-state index is 0.565. The first-order valence-corrected chi connectivity index (χ1v) is 11.3. The molecule has 26 heavy (non-hydrogen) atoms. The van der Waals surface area contributed by atoms with Crippen molar-refractivity contribution >= 4 is 5.69 Å². The van der Waals surface area contributed by atoms with Crippen molar-refractivity contribution in [2.45, 2.75) is 105 Å². The zero-order valence-electron chi connectivity index (χ0n) is 18.3. The predicted octanol–water partition coefficient (Wildman–Crippen LogP) is 8.32. The van der Waals surface area contributed by atoms with Gasteiger partial charge >= 0.3 is 0 Å². The monoisotopic (exact) mass is 359 g/mol. The standard InChI is InChI=1S/C25H45N/c1-6-21(2)13-10-14-22(3)15-11-16-23(4)17-12-18-24(5)26-25-19-8-7-9-20-25/h7-9,19-24,26H,6,10-18H2,1-5H3. The van der Waals surface area contributed by atoms with E-state index in [9.17, 15) is 0 Å². The zero-order chi connectivity index (χ0) is 19.2. The van der Waals surface area contributed by atoms with Crippen LogP contribution in [-0.4, -0.2) is 6.04 Å². The molecule has 0 aliphatic rings. The topological polar surface area (TPSA) is 12.0 Å². The third-order valence-corrected chi connectivity index (χ3v) is 6.01. The Morgan fingerprint density at radius 3 is 1.62 bits per heavy atom. The Labute approximate surface area is 164 Å². The molecule has 4 atom stereocenters. The van der Waals surface area contributed by atoms with E-state index < -0.39 is 0 Å².